The van der Waals surface area contributed by atoms with Gasteiger partial charge in [-0.25, -0.2) is 0 Å². The number of nitrogens with zero attached hydrogens (tertiary/aromatic N) is 1. The first-order valence-electron chi connectivity index (χ1n) is 6.57. The van der Waals surface area contributed by atoms with Crippen molar-refractivity contribution in [1.82, 2.24) is 4.90 Å². The Morgan fingerprint density at radius 1 is 1.61 bits per heavy atom. The highest BCUT2D eigenvalue weighted by atomic mass is 16.5. The van der Waals surface area contributed by atoms with Gasteiger partial charge >= 0.3 is 0 Å². The molecule has 0 bridgehead atoms. The summed E-state index contributed by atoms with van der Waals surface area (Å²) in [5, 5.41) is 9.17. The van der Waals surface area contributed by atoms with Crippen molar-refractivity contribution in [2.24, 2.45) is 17.1 Å². The zero-order valence-corrected chi connectivity index (χ0v) is 11.6. The Bertz CT molecular complexity index is 358. The third-order valence-electron chi connectivity index (χ3n) is 5.05. The lowest BCUT2D eigenvalue weighted by Crippen LogP contribution is -2.80. The first-order chi connectivity index (χ1) is 8.28. The number of aliphatic hydroxyl groups excluding tert-OH is 1. The number of likely N-dealkylation sites (N-methyl/N-ethyl adjacent to an activating group) is 1. The summed E-state index contributed by atoms with van der Waals surface area (Å²) >= 11 is 0. The molecule has 2 fully saturated rings. The van der Waals surface area contributed by atoms with Crippen LogP contribution in [0, 0.1) is 11.3 Å². The Morgan fingerprint density at radius 3 is 2.78 bits per heavy atom. The summed E-state index contributed by atoms with van der Waals surface area (Å²) in [6.07, 6.45) is 0.932. The summed E-state index contributed by atoms with van der Waals surface area (Å²) in [4.78, 5) is 14.2. The molecule has 0 radical (unpaired) electrons. The van der Waals surface area contributed by atoms with Crippen LogP contribution in [-0.2, 0) is 9.53 Å². The van der Waals surface area contributed by atoms with Crippen LogP contribution in [0.1, 0.15) is 27.2 Å². The van der Waals surface area contributed by atoms with E-state index in [1.807, 2.05) is 20.8 Å². The normalized spacial score (nSPS) is 38.8. The van der Waals surface area contributed by atoms with E-state index in [1.165, 1.54) is 0 Å². The SMILES string of the molecule is CC(CO)N(C)C(=O)C1(N)C2CCOC2C1(C)C. The summed E-state index contributed by atoms with van der Waals surface area (Å²) in [6.45, 7) is 6.44. The second-order valence-electron chi connectivity index (χ2n) is 6.22. The van der Waals surface area contributed by atoms with Crippen molar-refractivity contribution in [3.05, 3.63) is 0 Å². The third kappa shape index (κ3) is 1.47. The van der Waals surface area contributed by atoms with Gasteiger partial charge in [0.2, 0.25) is 5.91 Å². The zero-order valence-electron chi connectivity index (χ0n) is 11.6. The van der Waals surface area contributed by atoms with Gasteiger partial charge in [0.25, 0.3) is 0 Å². The van der Waals surface area contributed by atoms with Crippen LogP contribution in [0.2, 0.25) is 0 Å². The molecule has 2 rings (SSSR count). The number of carbonyl (C=O) groups is 1. The number of fused-ring (bicyclic) bond motifs is 1. The van der Waals surface area contributed by atoms with Gasteiger partial charge in [-0.15, -0.1) is 0 Å². The molecule has 1 heterocycles. The molecule has 0 aromatic rings. The molecule has 1 aliphatic heterocycles. The molecule has 5 nitrogen and oxygen atoms in total. The van der Waals surface area contributed by atoms with E-state index >= 15 is 0 Å². The van der Waals surface area contributed by atoms with Crippen molar-refractivity contribution in [2.45, 2.75) is 44.9 Å². The maximum atomic E-state index is 12.6. The van der Waals surface area contributed by atoms with Gasteiger partial charge in [0.1, 0.15) is 5.54 Å². The van der Waals surface area contributed by atoms with Crippen molar-refractivity contribution in [2.75, 3.05) is 20.3 Å². The number of nitrogens with two attached hydrogens (primary N) is 1. The Balaban J connectivity index is 2.23. The topological polar surface area (TPSA) is 75.8 Å². The molecule has 1 aliphatic carbocycles. The number of carbonyl (C=O) groups excluding carboxylic acids is 1. The Morgan fingerprint density at radius 2 is 2.22 bits per heavy atom. The van der Waals surface area contributed by atoms with E-state index in [1.54, 1.807) is 11.9 Å². The monoisotopic (exact) mass is 256 g/mol. The van der Waals surface area contributed by atoms with Crippen LogP contribution in [0.4, 0.5) is 0 Å². The summed E-state index contributed by atoms with van der Waals surface area (Å²) < 4.78 is 5.68. The van der Waals surface area contributed by atoms with Gasteiger partial charge in [-0.05, 0) is 13.3 Å². The number of hydrogen-bond acceptors (Lipinski definition) is 4. The van der Waals surface area contributed by atoms with E-state index in [9.17, 15) is 4.79 Å². The lowest BCUT2D eigenvalue weighted by molar-refractivity contribution is -0.185. The average Bonchev–Trinajstić information content (AvgIpc) is 2.82. The van der Waals surface area contributed by atoms with Gasteiger partial charge in [0.05, 0.1) is 18.8 Å². The minimum absolute atomic E-state index is 0.0522. The summed E-state index contributed by atoms with van der Waals surface area (Å²) in [6, 6.07) is -0.213. The quantitative estimate of drug-likeness (QED) is 0.743. The number of ether oxygens (including phenoxy) is 1. The second kappa shape index (κ2) is 4.18. The minimum atomic E-state index is -0.869. The predicted molar refractivity (Wildman–Crippen MR) is 67.9 cm³/mol. The molecule has 5 heteroatoms. The standard InChI is InChI=1S/C13H24N2O3/c1-8(7-16)15(4)11(17)13(14)9-5-6-18-10(9)12(13,2)3/h8-10,16H,5-7,14H2,1-4H3. The molecule has 104 valence electrons. The molecule has 4 atom stereocenters. The maximum Gasteiger partial charge on any atom is 0.243 e. The summed E-state index contributed by atoms with van der Waals surface area (Å²) in [5.74, 6) is 0.0224. The largest absolute Gasteiger partial charge is 0.394 e. The molecule has 1 amide bonds. The fourth-order valence-corrected chi connectivity index (χ4v) is 3.43. The molecule has 0 aromatic carbocycles. The highest BCUT2D eigenvalue weighted by Gasteiger charge is 2.71. The molecule has 0 spiro atoms. The molecule has 1 saturated carbocycles. The maximum absolute atomic E-state index is 12.6. The van der Waals surface area contributed by atoms with Gasteiger partial charge in [0.15, 0.2) is 0 Å². The highest BCUT2D eigenvalue weighted by molar-refractivity contribution is 5.89. The number of amides is 1. The van der Waals surface area contributed by atoms with Crippen LogP contribution in [0.5, 0.6) is 0 Å². The van der Waals surface area contributed by atoms with E-state index in [0.29, 0.717) is 6.61 Å². The van der Waals surface area contributed by atoms with Crippen molar-refractivity contribution >= 4 is 5.91 Å². The van der Waals surface area contributed by atoms with Crippen molar-refractivity contribution in [3.63, 3.8) is 0 Å². The van der Waals surface area contributed by atoms with Crippen LogP contribution in [-0.4, -0.2) is 53.9 Å². The first-order valence-corrected chi connectivity index (χ1v) is 6.57. The summed E-state index contributed by atoms with van der Waals surface area (Å²) in [7, 11) is 1.71. The van der Waals surface area contributed by atoms with Crippen molar-refractivity contribution in [1.29, 1.82) is 0 Å². The summed E-state index contributed by atoms with van der Waals surface area (Å²) in [5.41, 5.74) is 5.23. The van der Waals surface area contributed by atoms with Crippen LogP contribution in [0.25, 0.3) is 0 Å². The van der Waals surface area contributed by atoms with Crippen LogP contribution < -0.4 is 5.73 Å². The molecule has 2 aliphatic rings. The number of rotatable bonds is 3. The molecular formula is C13H24N2O3. The van der Waals surface area contributed by atoms with E-state index < -0.39 is 5.54 Å². The number of aliphatic hydroxyl groups is 1. The molecule has 0 aromatic heterocycles. The van der Waals surface area contributed by atoms with E-state index in [0.717, 1.165) is 6.42 Å². The van der Waals surface area contributed by atoms with E-state index in [-0.39, 0.29) is 36.0 Å². The lowest BCUT2D eigenvalue weighted by atomic mass is 9.47. The molecule has 1 saturated heterocycles. The fourth-order valence-electron chi connectivity index (χ4n) is 3.43. The fraction of sp³-hybridized carbons (Fsp3) is 0.923. The second-order valence-corrected chi connectivity index (χ2v) is 6.22. The van der Waals surface area contributed by atoms with Gasteiger partial charge < -0.3 is 20.5 Å². The molecule has 18 heavy (non-hydrogen) atoms. The van der Waals surface area contributed by atoms with Crippen molar-refractivity contribution in [3.8, 4) is 0 Å². The van der Waals surface area contributed by atoms with Crippen LogP contribution in [0.3, 0.4) is 0 Å². The first kappa shape index (κ1) is 13.8. The third-order valence-corrected chi connectivity index (χ3v) is 5.05. The lowest BCUT2D eigenvalue weighted by Gasteiger charge is -2.61. The smallest absolute Gasteiger partial charge is 0.243 e. The van der Waals surface area contributed by atoms with Gasteiger partial charge in [-0.2, -0.15) is 0 Å². The zero-order chi connectivity index (χ0) is 13.7. The van der Waals surface area contributed by atoms with Crippen LogP contribution in [0.15, 0.2) is 0 Å². The van der Waals surface area contributed by atoms with Crippen LogP contribution >= 0.6 is 0 Å². The molecule has 3 N–H and O–H groups in total. The Hall–Kier alpha value is -0.650. The van der Waals surface area contributed by atoms with Gasteiger partial charge in [0, 0.05) is 25.0 Å². The Kier molecular flexibility index (Phi) is 3.20. The highest BCUT2D eigenvalue weighted by Crippen LogP contribution is 2.58. The van der Waals surface area contributed by atoms with Gasteiger partial charge in [-0.3, -0.25) is 4.79 Å². The van der Waals surface area contributed by atoms with Gasteiger partial charge in [-0.1, -0.05) is 13.8 Å². The van der Waals surface area contributed by atoms with Crippen molar-refractivity contribution < 1.29 is 14.6 Å². The molecular weight excluding hydrogens is 232 g/mol. The minimum Gasteiger partial charge on any atom is -0.394 e. The average molecular weight is 256 g/mol. The van der Waals surface area contributed by atoms with E-state index in [4.69, 9.17) is 15.6 Å². The number of hydrogen-bond donors (Lipinski definition) is 2. The molecule has 4 unspecified atom stereocenters. The predicted octanol–water partition coefficient (Wildman–Crippen LogP) is -0.0320. The van der Waals surface area contributed by atoms with E-state index in [2.05, 4.69) is 0 Å². The Labute approximate surface area is 108 Å².